The van der Waals surface area contributed by atoms with Crippen molar-refractivity contribution in [3.8, 4) is 0 Å². The quantitative estimate of drug-likeness (QED) is 0.604. The molecule has 3 nitrogen and oxygen atoms in total. The van der Waals surface area contributed by atoms with Crippen molar-refractivity contribution in [2.75, 3.05) is 0 Å². The number of benzene rings is 1. The summed E-state index contributed by atoms with van der Waals surface area (Å²) in [5, 5.41) is 0. The third-order valence-corrected chi connectivity index (χ3v) is 7.27. The molecule has 0 N–H and O–H groups in total. The van der Waals surface area contributed by atoms with E-state index in [1.165, 1.54) is 0 Å². The maximum absolute atomic E-state index is 13.1. The molecule has 0 aromatic heterocycles. The number of esters is 1. The summed E-state index contributed by atoms with van der Waals surface area (Å²) in [6.45, 7) is 10.8. The number of hydrogen-bond acceptors (Lipinski definition) is 3. The Morgan fingerprint density at radius 1 is 1.28 bits per heavy atom. The zero-order valence-corrected chi connectivity index (χ0v) is 15.4. The Morgan fingerprint density at radius 2 is 2.00 bits per heavy atom. The van der Waals surface area contributed by atoms with Gasteiger partial charge in [0.2, 0.25) is 0 Å². The van der Waals surface area contributed by atoms with E-state index in [0.717, 1.165) is 24.1 Å². The standard InChI is InChI=1S/C22H27NO2/c1-5-12-22(14-15-9-7-6-8-10-15)19(24)25-17-16-11-13-21(4,18(17)23-22)20(16,2)3/h5-10,16-17H,1,11-14H2,2-4H3/t16-,17-,21+,22+/m1/s1. The van der Waals surface area contributed by atoms with Crippen molar-refractivity contribution < 1.29 is 9.53 Å². The average Bonchev–Trinajstić information content (AvgIpc) is 2.89. The lowest BCUT2D eigenvalue weighted by Crippen LogP contribution is -2.52. The Kier molecular flexibility index (Phi) is 3.51. The highest BCUT2D eigenvalue weighted by atomic mass is 16.6. The highest BCUT2D eigenvalue weighted by Gasteiger charge is 2.68. The third kappa shape index (κ3) is 2.11. The molecule has 2 bridgehead atoms. The number of fused-ring (bicyclic) bond motifs is 5. The Labute approximate surface area is 150 Å². The molecule has 3 aliphatic rings. The van der Waals surface area contributed by atoms with Crippen LogP contribution in [0.15, 0.2) is 48.0 Å². The highest BCUT2D eigenvalue weighted by Crippen LogP contribution is 2.65. The Balaban J connectivity index is 1.81. The number of aliphatic imine (C=N–C) groups is 1. The van der Waals surface area contributed by atoms with E-state index in [1.807, 2.05) is 18.2 Å². The molecule has 4 rings (SSSR count). The van der Waals surface area contributed by atoms with Crippen LogP contribution in [0.5, 0.6) is 0 Å². The van der Waals surface area contributed by atoms with Gasteiger partial charge >= 0.3 is 5.97 Å². The molecule has 2 aliphatic carbocycles. The average molecular weight is 337 g/mol. The first kappa shape index (κ1) is 16.6. The van der Waals surface area contributed by atoms with E-state index in [1.54, 1.807) is 6.08 Å². The van der Waals surface area contributed by atoms with E-state index in [4.69, 9.17) is 9.73 Å². The fourth-order valence-corrected chi connectivity index (χ4v) is 5.34. The van der Waals surface area contributed by atoms with Gasteiger partial charge in [0, 0.05) is 24.2 Å². The van der Waals surface area contributed by atoms with Gasteiger partial charge in [-0.1, -0.05) is 57.2 Å². The molecule has 1 aromatic carbocycles. The van der Waals surface area contributed by atoms with Crippen LogP contribution in [-0.4, -0.2) is 23.3 Å². The van der Waals surface area contributed by atoms with E-state index in [0.29, 0.717) is 18.8 Å². The number of carbonyl (C=O) groups is 1. The maximum atomic E-state index is 13.1. The SMILES string of the molecule is C=CC[C@@]1(Cc2ccccc2)N=C2[C@H](OC1=O)[C@H]1CC[C@]2(C)C1(C)C. The van der Waals surface area contributed by atoms with Crippen LogP contribution in [0.2, 0.25) is 0 Å². The molecule has 0 radical (unpaired) electrons. The van der Waals surface area contributed by atoms with Crippen LogP contribution in [0, 0.1) is 16.7 Å². The number of carbonyl (C=O) groups excluding carboxylic acids is 1. The fraction of sp³-hybridized carbons (Fsp3) is 0.545. The van der Waals surface area contributed by atoms with E-state index in [2.05, 4.69) is 39.5 Å². The van der Waals surface area contributed by atoms with Gasteiger partial charge in [0.25, 0.3) is 0 Å². The summed E-state index contributed by atoms with van der Waals surface area (Å²) in [6, 6.07) is 10.1. The Hall–Kier alpha value is -1.90. The molecule has 132 valence electrons. The minimum Gasteiger partial charge on any atom is -0.454 e. The molecule has 1 aliphatic heterocycles. The molecule has 25 heavy (non-hydrogen) atoms. The summed E-state index contributed by atoms with van der Waals surface area (Å²) >= 11 is 0. The van der Waals surface area contributed by atoms with Crippen molar-refractivity contribution in [1.82, 2.24) is 0 Å². The normalized spacial score (nSPS) is 38.0. The van der Waals surface area contributed by atoms with Gasteiger partial charge in [-0.25, -0.2) is 4.79 Å². The van der Waals surface area contributed by atoms with Gasteiger partial charge in [0.05, 0.1) is 5.71 Å². The summed E-state index contributed by atoms with van der Waals surface area (Å²) < 4.78 is 6.07. The molecule has 4 atom stereocenters. The van der Waals surface area contributed by atoms with Crippen molar-refractivity contribution in [2.45, 2.75) is 58.1 Å². The largest absolute Gasteiger partial charge is 0.454 e. The van der Waals surface area contributed by atoms with Gasteiger partial charge in [-0.2, -0.15) is 0 Å². The second kappa shape index (κ2) is 5.30. The number of rotatable bonds is 4. The smallest absolute Gasteiger partial charge is 0.335 e. The molecule has 2 saturated carbocycles. The van der Waals surface area contributed by atoms with Crippen LogP contribution in [0.4, 0.5) is 0 Å². The monoisotopic (exact) mass is 337 g/mol. The maximum Gasteiger partial charge on any atom is 0.335 e. The van der Waals surface area contributed by atoms with E-state index < -0.39 is 5.54 Å². The molecule has 1 aromatic rings. The van der Waals surface area contributed by atoms with Crippen molar-refractivity contribution in [2.24, 2.45) is 21.7 Å². The van der Waals surface area contributed by atoms with Crippen LogP contribution < -0.4 is 0 Å². The summed E-state index contributed by atoms with van der Waals surface area (Å²) in [4.78, 5) is 18.2. The minimum absolute atomic E-state index is 0.0200. The zero-order valence-electron chi connectivity index (χ0n) is 15.4. The van der Waals surface area contributed by atoms with Crippen molar-refractivity contribution in [1.29, 1.82) is 0 Å². The minimum atomic E-state index is -0.863. The van der Waals surface area contributed by atoms with Crippen LogP contribution in [0.25, 0.3) is 0 Å². The lowest BCUT2D eigenvalue weighted by molar-refractivity contribution is -0.156. The molecule has 3 heteroatoms. The highest BCUT2D eigenvalue weighted by molar-refractivity contribution is 6.04. The van der Waals surface area contributed by atoms with E-state index in [9.17, 15) is 4.79 Å². The molecule has 0 unspecified atom stereocenters. The first-order valence-corrected chi connectivity index (χ1v) is 9.30. The number of ether oxygens (including phenoxy) is 1. The van der Waals surface area contributed by atoms with Crippen LogP contribution in [0.3, 0.4) is 0 Å². The molecule has 0 amide bonds. The summed E-state index contributed by atoms with van der Waals surface area (Å²) in [5.41, 5.74) is 1.50. The van der Waals surface area contributed by atoms with Gasteiger partial charge in [-0.05, 0) is 23.8 Å². The molecule has 0 spiro atoms. The van der Waals surface area contributed by atoms with Gasteiger partial charge in [-0.15, -0.1) is 6.58 Å². The molecule has 1 heterocycles. The first-order chi connectivity index (χ1) is 11.8. The topological polar surface area (TPSA) is 38.7 Å². The van der Waals surface area contributed by atoms with Crippen LogP contribution >= 0.6 is 0 Å². The van der Waals surface area contributed by atoms with E-state index >= 15 is 0 Å². The summed E-state index contributed by atoms with van der Waals surface area (Å²) in [7, 11) is 0. The van der Waals surface area contributed by atoms with Crippen molar-refractivity contribution >= 4 is 11.7 Å². The predicted octanol–water partition coefficient (Wildman–Crippen LogP) is 4.37. The van der Waals surface area contributed by atoms with Crippen molar-refractivity contribution in [3.05, 3.63) is 48.6 Å². The second-order valence-corrected chi connectivity index (χ2v) is 8.71. The van der Waals surface area contributed by atoms with Crippen LogP contribution in [0.1, 0.15) is 45.6 Å². The number of nitrogens with zero attached hydrogens (tertiary/aromatic N) is 1. The predicted molar refractivity (Wildman–Crippen MR) is 99.6 cm³/mol. The Morgan fingerprint density at radius 3 is 2.68 bits per heavy atom. The zero-order chi connectivity index (χ0) is 17.9. The molecular weight excluding hydrogens is 310 g/mol. The third-order valence-electron chi connectivity index (χ3n) is 7.27. The molecule has 2 fully saturated rings. The van der Waals surface area contributed by atoms with Gasteiger partial charge < -0.3 is 4.74 Å². The fourth-order valence-electron chi connectivity index (χ4n) is 5.34. The first-order valence-electron chi connectivity index (χ1n) is 9.30. The Bertz CT molecular complexity index is 751. The van der Waals surface area contributed by atoms with Gasteiger partial charge in [-0.3, -0.25) is 4.99 Å². The lowest BCUT2D eigenvalue weighted by Gasteiger charge is -2.40. The summed E-state index contributed by atoms with van der Waals surface area (Å²) in [5.74, 6) is 0.204. The summed E-state index contributed by atoms with van der Waals surface area (Å²) in [6.07, 6.45) is 5.00. The second-order valence-electron chi connectivity index (χ2n) is 8.71. The lowest BCUT2D eigenvalue weighted by atomic mass is 9.70. The van der Waals surface area contributed by atoms with Gasteiger partial charge in [0.15, 0.2) is 5.54 Å². The van der Waals surface area contributed by atoms with E-state index in [-0.39, 0.29) is 22.9 Å². The molecular formula is C22H27NO2. The van der Waals surface area contributed by atoms with Gasteiger partial charge in [0.1, 0.15) is 6.10 Å². The van der Waals surface area contributed by atoms with Crippen LogP contribution in [-0.2, 0) is 16.0 Å². The number of hydrogen-bond donors (Lipinski definition) is 0. The molecule has 0 saturated heterocycles. The van der Waals surface area contributed by atoms with Crippen molar-refractivity contribution in [3.63, 3.8) is 0 Å².